The van der Waals surface area contributed by atoms with Crippen molar-refractivity contribution in [3.63, 3.8) is 0 Å². The molecule has 0 aromatic heterocycles. The largest absolute Gasteiger partial charge is 0.301 e. The topological polar surface area (TPSA) is 58.6 Å². The van der Waals surface area contributed by atoms with E-state index in [1.165, 1.54) is 19.3 Å². The molecule has 0 bridgehead atoms. The van der Waals surface area contributed by atoms with Gasteiger partial charge in [-0.05, 0) is 32.9 Å². The van der Waals surface area contributed by atoms with Crippen LogP contribution < -0.4 is 4.89 Å². The summed E-state index contributed by atoms with van der Waals surface area (Å²) in [6, 6.07) is 0. The van der Waals surface area contributed by atoms with Gasteiger partial charge in [-0.2, -0.15) is 0 Å². The van der Waals surface area contributed by atoms with E-state index in [0.717, 1.165) is 19.6 Å². The van der Waals surface area contributed by atoms with E-state index in [1.807, 2.05) is 0 Å². The van der Waals surface area contributed by atoms with Crippen molar-refractivity contribution in [3.05, 3.63) is 0 Å². The van der Waals surface area contributed by atoms with Crippen LogP contribution in [0.4, 0.5) is 0 Å². The molecule has 6 heteroatoms. The third kappa shape index (κ3) is 5.46. The Balaban J connectivity index is 2.06. The minimum Gasteiger partial charge on any atom is -0.301 e. The molecule has 0 atom stereocenters. The predicted octanol–water partition coefficient (Wildman–Crippen LogP) is 0.343. The van der Waals surface area contributed by atoms with E-state index in [0.29, 0.717) is 6.61 Å². The highest BCUT2D eigenvalue weighted by atomic mass is 32.2. The maximum Gasteiger partial charge on any atom is 0.233 e. The molecule has 5 nitrogen and oxygen atoms in total. The average molecular weight is 236 g/mol. The number of piperidine rings is 1. The molecule has 1 fully saturated rings. The third-order valence-electron chi connectivity index (χ3n) is 2.52. The second-order valence-corrected chi connectivity index (χ2v) is 5.71. The predicted molar refractivity (Wildman–Crippen MR) is 58.8 cm³/mol. The van der Waals surface area contributed by atoms with Crippen molar-refractivity contribution in [3.8, 4) is 0 Å². The Morgan fingerprint density at radius 2 is 1.93 bits per heavy atom. The molecule has 0 amide bonds. The average Bonchev–Trinajstić information content (AvgIpc) is 2.26. The van der Waals surface area contributed by atoms with Gasteiger partial charge in [-0.1, -0.05) is 11.3 Å². The normalized spacial score (nSPS) is 19.3. The SMILES string of the molecule is CCS(=O)(=O)NOCCN1CCCCC1. The van der Waals surface area contributed by atoms with Crippen molar-refractivity contribution in [2.45, 2.75) is 26.2 Å². The van der Waals surface area contributed by atoms with Crippen molar-refractivity contribution in [1.29, 1.82) is 0 Å². The van der Waals surface area contributed by atoms with Crippen LogP contribution in [0.25, 0.3) is 0 Å². The Labute approximate surface area is 91.8 Å². The van der Waals surface area contributed by atoms with Crippen LogP contribution in [0.3, 0.4) is 0 Å². The number of hydrogen-bond donors (Lipinski definition) is 1. The van der Waals surface area contributed by atoms with Crippen molar-refractivity contribution in [2.75, 3.05) is 32.0 Å². The summed E-state index contributed by atoms with van der Waals surface area (Å²) in [5.41, 5.74) is 0. The van der Waals surface area contributed by atoms with Gasteiger partial charge in [-0.3, -0.25) is 4.84 Å². The quantitative estimate of drug-likeness (QED) is 0.534. The van der Waals surface area contributed by atoms with Gasteiger partial charge in [0.25, 0.3) is 0 Å². The van der Waals surface area contributed by atoms with E-state index >= 15 is 0 Å². The summed E-state index contributed by atoms with van der Waals surface area (Å²) in [5.74, 6) is 0.0523. The first-order valence-electron chi connectivity index (χ1n) is 5.47. The van der Waals surface area contributed by atoms with Gasteiger partial charge in [0.15, 0.2) is 0 Å². The molecular weight excluding hydrogens is 216 g/mol. The van der Waals surface area contributed by atoms with Gasteiger partial charge in [-0.15, -0.1) is 0 Å². The van der Waals surface area contributed by atoms with Crippen LogP contribution in [0.2, 0.25) is 0 Å². The molecule has 1 N–H and O–H groups in total. The molecule has 1 heterocycles. The number of nitrogens with one attached hydrogen (secondary N) is 1. The Morgan fingerprint density at radius 3 is 2.53 bits per heavy atom. The summed E-state index contributed by atoms with van der Waals surface area (Å²) in [4.78, 5) is 9.30. The first-order valence-corrected chi connectivity index (χ1v) is 7.13. The second-order valence-electron chi connectivity index (χ2n) is 3.74. The number of rotatable bonds is 6. The molecule has 0 aliphatic carbocycles. The van der Waals surface area contributed by atoms with Crippen LogP contribution in [0.15, 0.2) is 0 Å². The fourth-order valence-electron chi connectivity index (χ4n) is 1.55. The Kier molecular flexibility index (Phi) is 5.52. The summed E-state index contributed by atoms with van der Waals surface area (Å²) >= 11 is 0. The molecule has 1 saturated heterocycles. The maximum absolute atomic E-state index is 11.0. The molecule has 0 radical (unpaired) electrons. The van der Waals surface area contributed by atoms with Gasteiger partial charge in [-0.25, -0.2) is 8.42 Å². The lowest BCUT2D eigenvalue weighted by molar-refractivity contribution is 0.0657. The summed E-state index contributed by atoms with van der Waals surface area (Å²) in [6.07, 6.45) is 3.78. The van der Waals surface area contributed by atoms with E-state index in [2.05, 4.69) is 9.79 Å². The molecule has 0 spiro atoms. The summed E-state index contributed by atoms with van der Waals surface area (Å²) in [6.45, 7) is 5.00. The van der Waals surface area contributed by atoms with E-state index in [9.17, 15) is 8.42 Å². The smallest absolute Gasteiger partial charge is 0.233 e. The molecular formula is C9H20N2O3S. The zero-order chi connectivity index (χ0) is 11.1. The van der Waals surface area contributed by atoms with Gasteiger partial charge in [0.2, 0.25) is 10.0 Å². The summed E-state index contributed by atoms with van der Waals surface area (Å²) in [7, 11) is -3.21. The van der Waals surface area contributed by atoms with Crippen LogP contribution in [-0.2, 0) is 14.9 Å². The Morgan fingerprint density at radius 1 is 1.27 bits per heavy atom. The molecule has 15 heavy (non-hydrogen) atoms. The van der Waals surface area contributed by atoms with Crippen LogP contribution in [0, 0.1) is 0 Å². The van der Waals surface area contributed by atoms with E-state index in [4.69, 9.17) is 4.84 Å². The zero-order valence-electron chi connectivity index (χ0n) is 9.24. The molecule has 1 aliphatic heterocycles. The van der Waals surface area contributed by atoms with Gasteiger partial charge in [0, 0.05) is 6.54 Å². The van der Waals surface area contributed by atoms with Crippen molar-refractivity contribution in [2.24, 2.45) is 0 Å². The van der Waals surface area contributed by atoms with Crippen LogP contribution in [0.1, 0.15) is 26.2 Å². The highest BCUT2D eigenvalue weighted by molar-refractivity contribution is 7.89. The van der Waals surface area contributed by atoms with Gasteiger partial charge >= 0.3 is 0 Å². The van der Waals surface area contributed by atoms with Gasteiger partial charge in [0.05, 0.1) is 12.4 Å². The maximum atomic E-state index is 11.0. The molecule has 90 valence electrons. The highest BCUT2D eigenvalue weighted by Crippen LogP contribution is 2.07. The first kappa shape index (κ1) is 12.9. The molecule has 0 saturated carbocycles. The lowest BCUT2D eigenvalue weighted by Gasteiger charge is -2.25. The minimum atomic E-state index is -3.21. The van der Waals surface area contributed by atoms with E-state index in [1.54, 1.807) is 6.92 Å². The number of sulfonamides is 1. The monoisotopic (exact) mass is 236 g/mol. The van der Waals surface area contributed by atoms with Crippen molar-refractivity contribution < 1.29 is 13.3 Å². The first-order chi connectivity index (χ1) is 7.14. The van der Waals surface area contributed by atoms with Crippen LogP contribution in [-0.4, -0.2) is 45.3 Å². The summed E-state index contributed by atoms with van der Waals surface area (Å²) < 4.78 is 22.0. The number of nitrogens with zero attached hydrogens (tertiary/aromatic N) is 1. The van der Waals surface area contributed by atoms with E-state index in [-0.39, 0.29) is 5.75 Å². The summed E-state index contributed by atoms with van der Waals surface area (Å²) in [5, 5.41) is 0. The molecule has 0 aromatic carbocycles. The van der Waals surface area contributed by atoms with Crippen molar-refractivity contribution in [1.82, 2.24) is 9.79 Å². The van der Waals surface area contributed by atoms with Gasteiger partial charge in [0.1, 0.15) is 0 Å². The standard InChI is InChI=1S/C9H20N2O3S/c1-2-15(12,13)10-14-9-8-11-6-4-3-5-7-11/h10H,2-9H2,1H3. The number of likely N-dealkylation sites (tertiary alicyclic amines) is 1. The number of hydrogen-bond acceptors (Lipinski definition) is 4. The lowest BCUT2D eigenvalue weighted by atomic mass is 10.1. The molecule has 1 aliphatic rings. The fraction of sp³-hybridized carbons (Fsp3) is 1.00. The molecule has 0 aromatic rings. The van der Waals surface area contributed by atoms with Gasteiger partial charge < -0.3 is 4.90 Å². The van der Waals surface area contributed by atoms with E-state index < -0.39 is 10.0 Å². The minimum absolute atomic E-state index is 0.0523. The Hall–Kier alpha value is -0.170. The van der Waals surface area contributed by atoms with Crippen LogP contribution in [0.5, 0.6) is 0 Å². The fourth-order valence-corrected chi connectivity index (χ4v) is 1.93. The highest BCUT2D eigenvalue weighted by Gasteiger charge is 2.10. The van der Waals surface area contributed by atoms with Crippen LogP contribution >= 0.6 is 0 Å². The second kappa shape index (κ2) is 6.42. The molecule has 0 unspecified atom stereocenters. The van der Waals surface area contributed by atoms with Crippen molar-refractivity contribution >= 4 is 10.0 Å². The lowest BCUT2D eigenvalue weighted by Crippen LogP contribution is -2.35. The zero-order valence-corrected chi connectivity index (χ0v) is 10.1. The molecule has 1 rings (SSSR count). The Bertz CT molecular complexity index is 261. The third-order valence-corrected chi connectivity index (χ3v) is 3.66.